The molecular formula is C25H32N2O4. The Morgan fingerprint density at radius 3 is 2.19 bits per heavy atom. The molecule has 6 heteroatoms. The summed E-state index contributed by atoms with van der Waals surface area (Å²) < 4.78 is 10.7. The minimum Gasteiger partial charge on any atom is -0.497 e. The highest BCUT2D eigenvalue weighted by molar-refractivity contribution is 5.83. The van der Waals surface area contributed by atoms with Crippen molar-refractivity contribution in [3.63, 3.8) is 0 Å². The quantitative estimate of drug-likeness (QED) is 0.605. The van der Waals surface area contributed by atoms with Gasteiger partial charge < -0.3 is 19.3 Å². The largest absolute Gasteiger partial charge is 0.497 e. The van der Waals surface area contributed by atoms with E-state index in [-0.39, 0.29) is 30.3 Å². The van der Waals surface area contributed by atoms with Gasteiger partial charge >= 0.3 is 5.97 Å². The number of methoxy groups -OCH3 is 1. The van der Waals surface area contributed by atoms with Crippen LogP contribution in [0.2, 0.25) is 0 Å². The number of nitrogens with zero attached hydrogens (tertiary/aromatic N) is 2. The number of benzene rings is 2. The number of amides is 1. The van der Waals surface area contributed by atoms with Crippen molar-refractivity contribution >= 4 is 17.6 Å². The first-order valence-electron chi connectivity index (χ1n) is 10.9. The average Bonchev–Trinajstić information content (AvgIpc) is 2.83. The third-order valence-electron chi connectivity index (χ3n) is 6.03. The van der Waals surface area contributed by atoms with Crippen LogP contribution in [0.15, 0.2) is 54.6 Å². The van der Waals surface area contributed by atoms with Crippen molar-refractivity contribution in [1.82, 2.24) is 4.90 Å². The highest BCUT2D eigenvalue weighted by Crippen LogP contribution is 2.28. The summed E-state index contributed by atoms with van der Waals surface area (Å²) in [6.07, 6.45) is 0.857. The Hall–Kier alpha value is -3.02. The van der Waals surface area contributed by atoms with Gasteiger partial charge in [-0.2, -0.15) is 0 Å². The van der Waals surface area contributed by atoms with Gasteiger partial charge in [0.05, 0.1) is 13.0 Å². The van der Waals surface area contributed by atoms with E-state index in [1.54, 1.807) is 12.0 Å². The number of piperazine rings is 1. The van der Waals surface area contributed by atoms with Crippen molar-refractivity contribution in [2.75, 3.05) is 44.8 Å². The topological polar surface area (TPSA) is 59.1 Å². The van der Waals surface area contributed by atoms with E-state index in [1.807, 2.05) is 61.5 Å². The second-order valence-corrected chi connectivity index (χ2v) is 7.95. The molecule has 2 aromatic carbocycles. The average molecular weight is 425 g/mol. The standard InChI is InChI=1S/C25H32N2O4/c1-4-19(2)24(20-8-6-5-7-9-20)25(29)31-18-23(28)27-16-14-26(15-17-27)21-10-12-22(30-3)13-11-21/h5-13,19,24H,4,14-18H2,1-3H3/t19-,24-/m0/s1. The van der Waals surface area contributed by atoms with Gasteiger partial charge in [-0.1, -0.05) is 50.6 Å². The number of anilines is 1. The third kappa shape index (κ3) is 5.78. The summed E-state index contributed by atoms with van der Waals surface area (Å²) in [7, 11) is 1.65. The van der Waals surface area contributed by atoms with Gasteiger partial charge in [-0.05, 0) is 35.7 Å². The zero-order valence-corrected chi connectivity index (χ0v) is 18.6. The molecule has 0 radical (unpaired) electrons. The molecule has 6 nitrogen and oxygen atoms in total. The lowest BCUT2D eigenvalue weighted by molar-refractivity contribution is -0.154. The summed E-state index contributed by atoms with van der Waals surface area (Å²) in [5, 5.41) is 0. The lowest BCUT2D eigenvalue weighted by atomic mass is 9.86. The minimum absolute atomic E-state index is 0.137. The van der Waals surface area contributed by atoms with Gasteiger partial charge in [0.15, 0.2) is 6.61 Å². The number of hydrogen-bond acceptors (Lipinski definition) is 5. The summed E-state index contributed by atoms with van der Waals surface area (Å²) in [5.41, 5.74) is 2.04. The van der Waals surface area contributed by atoms with Crippen LogP contribution in [-0.4, -0.2) is 56.7 Å². The highest BCUT2D eigenvalue weighted by atomic mass is 16.5. The van der Waals surface area contributed by atoms with Gasteiger partial charge in [-0.15, -0.1) is 0 Å². The Bertz CT molecular complexity index is 846. The normalized spacial score (nSPS) is 15.8. The van der Waals surface area contributed by atoms with Crippen molar-refractivity contribution in [1.29, 1.82) is 0 Å². The molecule has 166 valence electrons. The molecule has 1 heterocycles. The Labute approximate surface area is 184 Å². The number of esters is 1. The predicted molar refractivity (Wildman–Crippen MR) is 121 cm³/mol. The smallest absolute Gasteiger partial charge is 0.314 e. The van der Waals surface area contributed by atoms with Crippen LogP contribution in [0, 0.1) is 5.92 Å². The highest BCUT2D eigenvalue weighted by Gasteiger charge is 2.29. The zero-order chi connectivity index (χ0) is 22.2. The summed E-state index contributed by atoms with van der Waals surface area (Å²) >= 11 is 0. The SMILES string of the molecule is CC[C@H](C)[C@H](C(=O)OCC(=O)N1CCN(c2ccc(OC)cc2)CC1)c1ccccc1. The fourth-order valence-electron chi connectivity index (χ4n) is 3.91. The molecule has 2 atom stereocenters. The predicted octanol–water partition coefficient (Wildman–Crippen LogP) is 3.72. The molecule has 0 saturated carbocycles. The van der Waals surface area contributed by atoms with Crippen LogP contribution in [0.1, 0.15) is 31.7 Å². The van der Waals surface area contributed by atoms with Crippen molar-refractivity contribution in [2.24, 2.45) is 5.92 Å². The van der Waals surface area contributed by atoms with Gasteiger partial charge in [-0.3, -0.25) is 9.59 Å². The molecular weight excluding hydrogens is 392 g/mol. The molecule has 0 unspecified atom stereocenters. The van der Waals surface area contributed by atoms with Gasteiger partial charge in [0.1, 0.15) is 5.75 Å². The van der Waals surface area contributed by atoms with Crippen molar-refractivity contribution < 1.29 is 19.1 Å². The van der Waals surface area contributed by atoms with E-state index in [0.717, 1.165) is 36.5 Å². The molecule has 1 saturated heterocycles. The maximum Gasteiger partial charge on any atom is 0.314 e. The van der Waals surface area contributed by atoms with Crippen LogP contribution in [0.4, 0.5) is 5.69 Å². The van der Waals surface area contributed by atoms with Crippen LogP contribution < -0.4 is 9.64 Å². The van der Waals surface area contributed by atoms with E-state index in [0.29, 0.717) is 13.1 Å². The summed E-state index contributed by atoms with van der Waals surface area (Å²) in [6, 6.07) is 17.6. The Morgan fingerprint density at radius 1 is 0.968 bits per heavy atom. The number of carbonyl (C=O) groups is 2. The Kier molecular flexibility index (Phi) is 7.93. The Morgan fingerprint density at radius 2 is 1.61 bits per heavy atom. The van der Waals surface area contributed by atoms with Crippen LogP contribution in [0.5, 0.6) is 5.75 Å². The van der Waals surface area contributed by atoms with E-state index in [2.05, 4.69) is 11.8 Å². The maximum absolute atomic E-state index is 12.8. The lowest BCUT2D eigenvalue weighted by Gasteiger charge is -2.36. The van der Waals surface area contributed by atoms with Crippen molar-refractivity contribution in [3.8, 4) is 5.75 Å². The number of hydrogen-bond donors (Lipinski definition) is 0. The zero-order valence-electron chi connectivity index (χ0n) is 18.6. The van der Waals surface area contributed by atoms with Crippen LogP contribution in [0.25, 0.3) is 0 Å². The van der Waals surface area contributed by atoms with E-state index in [9.17, 15) is 9.59 Å². The fraction of sp³-hybridized carbons (Fsp3) is 0.440. The molecule has 3 rings (SSSR count). The molecule has 31 heavy (non-hydrogen) atoms. The maximum atomic E-state index is 12.8. The third-order valence-corrected chi connectivity index (χ3v) is 6.03. The van der Waals surface area contributed by atoms with Crippen LogP contribution in [0.3, 0.4) is 0 Å². The number of rotatable bonds is 8. The minimum atomic E-state index is -0.356. The van der Waals surface area contributed by atoms with Crippen molar-refractivity contribution in [2.45, 2.75) is 26.2 Å². The first-order valence-corrected chi connectivity index (χ1v) is 10.9. The molecule has 1 fully saturated rings. The Balaban J connectivity index is 1.51. The molecule has 0 aliphatic carbocycles. The summed E-state index contributed by atoms with van der Waals surface area (Å²) in [4.78, 5) is 29.5. The molecule has 0 N–H and O–H groups in total. The second-order valence-electron chi connectivity index (χ2n) is 7.95. The van der Waals surface area contributed by atoms with E-state index in [4.69, 9.17) is 9.47 Å². The molecule has 1 amide bonds. The second kappa shape index (κ2) is 10.8. The molecule has 0 spiro atoms. The molecule has 0 aromatic heterocycles. The van der Waals surface area contributed by atoms with Gasteiger partial charge in [-0.25, -0.2) is 0 Å². The van der Waals surface area contributed by atoms with E-state index >= 15 is 0 Å². The first kappa shape index (κ1) is 22.7. The van der Waals surface area contributed by atoms with Gasteiger partial charge in [0, 0.05) is 31.9 Å². The molecule has 2 aromatic rings. The molecule has 1 aliphatic heterocycles. The van der Waals surface area contributed by atoms with Crippen LogP contribution >= 0.6 is 0 Å². The molecule has 1 aliphatic rings. The fourth-order valence-corrected chi connectivity index (χ4v) is 3.91. The van der Waals surface area contributed by atoms with Crippen molar-refractivity contribution in [3.05, 3.63) is 60.2 Å². The van der Waals surface area contributed by atoms with Gasteiger partial charge in [0.2, 0.25) is 0 Å². The molecule has 0 bridgehead atoms. The number of carbonyl (C=O) groups excluding carboxylic acids is 2. The first-order chi connectivity index (χ1) is 15.0. The monoisotopic (exact) mass is 424 g/mol. The van der Waals surface area contributed by atoms with Gasteiger partial charge in [0.25, 0.3) is 5.91 Å². The van der Waals surface area contributed by atoms with E-state index < -0.39 is 0 Å². The van der Waals surface area contributed by atoms with E-state index in [1.165, 1.54) is 0 Å². The summed E-state index contributed by atoms with van der Waals surface area (Å²) in [6.45, 7) is 6.59. The lowest BCUT2D eigenvalue weighted by Crippen LogP contribution is -2.50. The number of ether oxygens (including phenoxy) is 2. The van der Waals surface area contributed by atoms with Crippen LogP contribution in [-0.2, 0) is 14.3 Å². The summed E-state index contributed by atoms with van der Waals surface area (Å²) in [5.74, 6) is 0.138.